The first-order valence-corrected chi connectivity index (χ1v) is 6.50. The summed E-state index contributed by atoms with van der Waals surface area (Å²) in [4.78, 5) is 15.2. The summed E-state index contributed by atoms with van der Waals surface area (Å²) in [6.45, 7) is 3.80. The monoisotopic (exact) mass is 320 g/mol. The molecule has 2 rings (SSSR count). The number of hydrogen-bond donors (Lipinski definition) is 2. The van der Waals surface area contributed by atoms with Crippen molar-refractivity contribution in [1.29, 1.82) is 0 Å². The number of halogens is 1. The molecule has 0 amide bonds. The quantitative estimate of drug-likeness (QED) is 0.900. The van der Waals surface area contributed by atoms with E-state index >= 15 is 0 Å². The molecule has 0 radical (unpaired) electrons. The third-order valence-corrected chi connectivity index (χ3v) is 3.35. The maximum absolute atomic E-state index is 11.2. The summed E-state index contributed by atoms with van der Waals surface area (Å²) in [5.74, 6) is -1.00. The van der Waals surface area contributed by atoms with Crippen LogP contribution in [-0.2, 0) is 0 Å². The van der Waals surface area contributed by atoms with Gasteiger partial charge in [-0.3, -0.25) is 4.98 Å². The largest absolute Gasteiger partial charge is 0.478 e. The molecule has 0 aliphatic heterocycles. The van der Waals surface area contributed by atoms with Gasteiger partial charge in [-0.25, -0.2) is 4.79 Å². The third kappa shape index (κ3) is 3.12. The van der Waals surface area contributed by atoms with E-state index < -0.39 is 5.97 Å². The minimum atomic E-state index is -1.00. The molecule has 0 fully saturated rings. The van der Waals surface area contributed by atoms with Crippen LogP contribution in [0.5, 0.6) is 0 Å². The zero-order valence-electron chi connectivity index (χ0n) is 10.6. The summed E-state index contributed by atoms with van der Waals surface area (Å²) in [5.41, 5.74) is 3.36. The van der Waals surface area contributed by atoms with Crippen LogP contribution in [0.25, 0.3) is 0 Å². The van der Waals surface area contributed by atoms with E-state index in [4.69, 9.17) is 5.11 Å². The van der Waals surface area contributed by atoms with Crippen LogP contribution < -0.4 is 5.32 Å². The number of carbonyl (C=O) groups is 1. The number of hydrogen-bond acceptors (Lipinski definition) is 3. The highest BCUT2D eigenvalue weighted by Crippen LogP contribution is 2.28. The lowest BCUT2D eigenvalue weighted by Gasteiger charge is -2.12. The van der Waals surface area contributed by atoms with Crippen molar-refractivity contribution < 1.29 is 9.90 Å². The second-order valence-corrected chi connectivity index (χ2v) is 5.14. The van der Waals surface area contributed by atoms with Crippen molar-refractivity contribution in [2.75, 3.05) is 5.32 Å². The van der Waals surface area contributed by atoms with E-state index in [2.05, 4.69) is 26.2 Å². The van der Waals surface area contributed by atoms with Gasteiger partial charge in [0.25, 0.3) is 0 Å². The van der Waals surface area contributed by atoms with Crippen molar-refractivity contribution in [1.82, 2.24) is 4.98 Å². The molecule has 19 heavy (non-hydrogen) atoms. The molecule has 0 aliphatic rings. The van der Waals surface area contributed by atoms with Crippen molar-refractivity contribution in [3.63, 3.8) is 0 Å². The van der Waals surface area contributed by atoms with Crippen LogP contribution in [0.2, 0.25) is 0 Å². The number of benzene rings is 1. The lowest BCUT2D eigenvalue weighted by Crippen LogP contribution is -2.04. The van der Waals surface area contributed by atoms with Crippen molar-refractivity contribution in [3.05, 3.63) is 51.8 Å². The van der Waals surface area contributed by atoms with Gasteiger partial charge in [-0.2, -0.15) is 0 Å². The Morgan fingerprint density at radius 3 is 2.68 bits per heavy atom. The fraction of sp³-hybridized carbons (Fsp3) is 0.143. The van der Waals surface area contributed by atoms with Crippen molar-refractivity contribution >= 4 is 33.3 Å². The van der Waals surface area contributed by atoms with Crippen LogP contribution >= 0.6 is 15.9 Å². The first kappa shape index (κ1) is 13.5. The summed E-state index contributed by atoms with van der Waals surface area (Å²) < 4.78 is 0.879. The molecule has 2 aromatic rings. The van der Waals surface area contributed by atoms with E-state index in [1.807, 2.05) is 32.0 Å². The lowest BCUT2D eigenvalue weighted by atomic mass is 10.1. The SMILES string of the molecule is Cc1ccc(Br)c(Nc2cc(C)ncc2C(=O)O)c1. The normalized spacial score (nSPS) is 10.3. The summed E-state index contributed by atoms with van der Waals surface area (Å²) in [7, 11) is 0. The Bertz CT molecular complexity index is 641. The van der Waals surface area contributed by atoms with Gasteiger partial charge in [0.1, 0.15) is 5.56 Å². The maximum Gasteiger partial charge on any atom is 0.339 e. The third-order valence-electron chi connectivity index (χ3n) is 2.66. The van der Waals surface area contributed by atoms with Gasteiger partial charge in [0.05, 0.1) is 11.4 Å². The van der Waals surface area contributed by atoms with Crippen LogP contribution in [0.15, 0.2) is 34.9 Å². The van der Waals surface area contributed by atoms with Crippen molar-refractivity contribution in [2.45, 2.75) is 13.8 Å². The molecule has 5 heteroatoms. The van der Waals surface area contributed by atoms with Gasteiger partial charge in [-0.1, -0.05) is 6.07 Å². The van der Waals surface area contributed by atoms with Gasteiger partial charge >= 0.3 is 5.97 Å². The molecule has 0 spiro atoms. The Labute approximate surface area is 119 Å². The van der Waals surface area contributed by atoms with Crippen LogP contribution in [0.1, 0.15) is 21.6 Å². The number of rotatable bonds is 3. The minimum Gasteiger partial charge on any atom is -0.478 e. The fourth-order valence-corrected chi connectivity index (χ4v) is 2.06. The van der Waals surface area contributed by atoms with E-state index in [9.17, 15) is 4.79 Å². The molecule has 4 nitrogen and oxygen atoms in total. The molecule has 1 aromatic heterocycles. The van der Waals surface area contributed by atoms with E-state index in [1.165, 1.54) is 6.20 Å². The summed E-state index contributed by atoms with van der Waals surface area (Å²) in [6.07, 6.45) is 1.36. The number of pyridine rings is 1. The van der Waals surface area contributed by atoms with Crippen molar-refractivity contribution in [3.8, 4) is 0 Å². The fourth-order valence-electron chi connectivity index (χ4n) is 1.71. The van der Waals surface area contributed by atoms with E-state index in [1.54, 1.807) is 6.07 Å². The van der Waals surface area contributed by atoms with Gasteiger partial charge in [-0.05, 0) is 53.5 Å². The van der Waals surface area contributed by atoms with E-state index in [0.29, 0.717) is 5.69 Å². The number of aromatic nitrogens is 1. The average Bonchev–Trinajstić information content (AvgIpc) is 2.33. The van der Waals surface area contributed by atoms with Gasteiger partial charge in [0.15, 0.2) is 0 Å². The highest BCUT2D eigenvalue weighted by atomic mass is 79.9. The average molecular weight is 321 g/mol. The summed E-state index contributed by atoms with van der Waals surface area (Å²) >= 11 is 3.44. The number of nitrogens with one attached hydrogen (secondary N) is 1. The lowest BCUT2D eigenvalue weighted by molar-refractivity contribution is 0.0697. The Morgan fingerprint density at radius 2 is 2.00 bits per heavy atom. The number of carboxylic acid groups (broad SMARTS) is 1. The predicted octanol–water partition coefficient (Wildman–Crippen LogP) is 3.90. The Kier molecular flexibility index (Phi) is 3.85. The van der Waals surface area contributed by atoms with Crippen LogP contribution in [0.4, 0.5) is 11.4 Å². The molecule has 0 saturated carbocycles. The molecule has 98 valence electrons. The molecule has 0 bridgehead atoms. The van der Waals surface area contributed by atoms with Gasteiger partial charge in [-0.15, -0.1) is 0 Å². The van der Waals surface area contributed by atoms with Gasteiger partial charge in [0, 0.05) is 16.4 Å². The number of carboxylic acids is 1. The number of aryl methyl sites for hydroxylation is 2. The highest BCUT2D eigenvalue weighted by molar-refractivity contribution is 9.10. The Balaban J connectivity index is 2.45. The van der Waals surface area contributed by atoms with E-state index in [0.717, 1.165) is 21.4 Å². The predicted molar refractivity (Wildman–Crippen MR) is 78.1 cm³/mol. The molecular weight excluding hydrogens is 308 g/mol. The molecule has 1 heterocycles. The van der Waals surface area contributed by atoms with E-state index in [-0.39, 0.29) is 5.56 Å². The van der Waals surface area contributed by atoms with Crippen LogP contribution in [0.3, 0.4) is 0 Å². The second-order valence-electron chi connectivity index (χ2n) is 4.28. The molecule has 0 unspecified atom stereocenters. The number of aromatic carboxylic acids is 1. The molecule has 1 aromatic carbocycles. The van der Waals surface area contributed by atoms with Crippen molar-refractivity contribution in [2.24, 2.45) is 0 Å². The zero-order chi connectivity index (χ0) is 14.0. The maximum atomic E-state index is 11.2. The molecule has 0 aliphatic carbocycles. The Morgan fingerprint density at radius 1 is 1.26 bits per heavy atom. The zero-order valence-corrected chi connectivity index (χ0v) is 12.2. The number of nitrogens with zero attached hydrogens (tertiary/aromatic N) is 1. The Hall–Kier alpha value is -1.88. The second kappa shape index (κ2) is 5.40. The first-order chi connectivity index (χ1) is 8.97. The topological polar surface area (TPSA) is 62.2 Å². The minimum absolute atomic E-state index is 0.152. The molecule has 0 saturated heterocycles. The van der Waals surface area contributed by atoms with Crippen LogP contribution in [0, 0.1) is 13.8 Å². The summed E-state index contributed by atoms with van der Waals surface area (Å²) in [6, 6.07) is 7.57. The first-order valence-electron chi connectivity index (χ1n) is 5.70. The molecular formula is C14H13BrN2O2. The van der Waals surface area contributed by atoms with Crippen LogP contribution in [-0.4, -0.2) is 16.1 Å². The summed E-state index contributed by atoms with van der Waals surface area (Å²) in [5, 5.41) is 12.3. The standard InChI is InChI=1S/C14H13BrN2O2/c1-8-3-4-11(15)13(5-8)17-12-6-9(2)16-7-10(12)14(18)19/h3-7H,1-2H3,(H,16,17)(H,18,19). The highest BCUT2D eigenvalue weighted by Gasteiger charge is 2.12. The molecule has 0 atom stereocenters. The van der Waals surface area contributed by atoms with Gasteiger partial charge in [0.2, 0.25) is 0 Å². The smallest absolute Gasteiger partial charge is 0.339 e. The molecule has 2 N–H and O–H groups in total. The number of anilines is 2. The van der Waals surface area contributed by atoms with Gasteiger partial charge < -0.3 is 10.4 Å².